The maximum absolute atomic E-state index is 5.82. The third kappa shape index (κ3) is 2.56. The highest BCUT2D eigenvalue weighted by molar-refractivity contribution is 5.55. The molecule has 0 amide bonds. The standard InChI is InChI=1S/C13H17N5/c1-3-10-12(14)17-8-18-13(10)16-7-11-9(2)5-4-6-15-11/h4-6,8H,3,7H2,1-2H3,(H3,14,16,17,18). The Kier molecular flexibility index (Phi) is 3.72. The zero-order valence-electron chi connectivity index (χ0n) is 10.6. The van der Waals surface area contributed by atoms with Crippen molar-refractivity contribution in [1.82, 2.24) is 15.0 Å². The molecule has 0 aliphatic rings. The molecule has 2 aromatic rings. The van der Waals surface area contributed by atoms with E-state index in [1.807, 2.05) is 26.0 Å². The minimum absolute atomic E-state index is 0.535. The third-order valence-corrected chi connectivity index (χ3v) is 2.87. The van der Waals surface area contributed by atoms with Gasteiger partial charge in [-0.2, -0.15) is 0 Å². The first-order valence-electron chi connectivity index (χ1n) is 5.96. The summed E-state index contributed by atoms with van der Waals surface area (Å²) in [6.07, 6.45) is 4.07. The summed E-state index contributed by atoms with van der Waals surface area (Å²) in [5.41, 5.74) is 8.94. The number of nitrogen functional groups attached to an aromatic ring is 1. The van der Waals surface area contributed by atoms with Crippen LogP contribution in [0.3, 0.4) is 0 Å². The smallest absolute Gasteiger partial charge is 0.135 e. The van der Waals surface area contributed by atoms with Crippen LogP contribution in [-0.2, 0) is 13.0 Å². The normalized spacial score (nSPS) is 10.3. The van der Waals surface area contributed by atoms with Crippen LogP contribution in [0.4, 0.5) is 11.6 Å². The van der Waals surface area contributed by atoms with Crippen molar-refractivity contribution in [2.75, 3.05) is 11.1 Å². The summed E-state index contributed by atoms with van der Waals surface area (Å²) in [6.45, 7) is 4.71. The lowest BCUT2D eigenvalue weighted by molar-refractivity contribution is 0.977. The number of anilines is 2. The van der Waals surface area contributed by atoms with Gasteiger partial charge >= 0.3 is 0 Å². The molecule has 0 aliphatic heterocycles. The van der Waals surface area contributed by atoms with Crippen LogP contribution < -0.4 is 11.1 Å². The summed E-state index contributed by atoms with van der Waals surface area (Å²) in [5.74, 6) is 1.32. The maximum atomic E-state index is 5.82. The van der Waals surface area contributed by atoms with Crippen molar-refractivity contribution in [3.63, 3.8) is 0 Å². The van der Waals surface area contributed by atoms with E-state index in [1.165, 1.54) is 6.33 Å². The molecule has 2 heterocycles. The number of nitrogens with two attached hydrogens (primary N) is 1. The third-order valence-electron chi connectivity index (χ3n) is 2.87. The Bertz CT molecular complexity index is 539. The molecule has 5 heteroatoms. The van der Waals surface area contributed by atoms with Gasteiger partial charge in [-0.3, -0.25) is 4.98 Å². The average molecular weight is 243 g/mol. The number of aromatic nitrogens is 3. The van der Waals surface area contributed by atoms with Gasteiger partial charge in [0.2, 0.25) is 0 Å². The zero-order chi connectivity index (χ0) is 13.0. The van der Waals surface area contributed by atoms with E-state index >= 15 is 0 Å². The number of pyridine rings is 1. The first kappa shape index (κ1) is 12.3. The van der Waals surface area contributed by atoms with Crippen LogP contribution in [0.2, 0.25) is 0 Å². The number of aryl methyl sites for hydroxylation is 1. The second-order valence-electron chi connectivity index (χ2n) is 4.06. The number of hydrogen-bond acceptors (Lipinski definition) is 5. The molecule has 0 saturated carbocycles. The van der Waals surface area contributed by atoms with Crippen molar-refractivity contribution in [3.8, 4) is 0 Å². The summed E-state index contributed by atoms with van der Waals surface area (Å²) in [4.78, 5) is 12.6. The lowest BCUT2D eigenvalue weighted by atomic mass is 10.2. The van der Waals surface area contributed by atoms with E-state index in [0.29, 0.717) is 12.4 Å². The Morgan fingerprint density at radius 3 is 2.83 bits per heavy atom. The minimum Gasteiger partial charge on any atom is -0.383 e. The molecule has 0 unspecified atom stereocenters. The van der Waals surface area contributed by atoms with Gasteiger partial charge in [0, 0.05) is 11.8 Å². The zero-order valence-corrected chi connectivity index (χ0v) is 10.6. The fourth-order valence-corrected chi connectivity index (χ4v) is 1.80. The van der Waals surface area contributed by atoms with Crippen LogP contribution in [0.5, 0.6) is 0 Å². The summed E-state index contributed by atoms with van der Waals surface area (Å²) in [5, 5.41) is 3.27. The van der Waals surface area contributed by atoms with Crippen molar-refractivity contribution in [2.45, 2.75) is 26.8 Å². The van der Waals surface area contributed by atoms with E-state index in [9.17, 15) is 0 Å². The van der Waals surface area contributed by atoms with Crippen LogP contribution in [-0.4, -0.2) is 15.0 Å². The van der Waals surface area contributed by atoms with Gasteiger partial charge in [-0.05, 0) is 25.0 Å². The Balaban J connectivity index is 2.16. The van der Waals surface area contributed by atoms with E-state index in [0.717, 1.165) is 29.1 Å². The Morgan fingerprint density at radius 1 is 1.28 bits per heavy atom. The van der Waals surface area contributed by atoms with Gasteiger partial charge in [-0.1, -0.05) is 13.0 Å². The summed E-state index contributed by atoms with van der Waals surface area (Å²) < 4.78 is 0. The van der Waals surface area contributed by atoms with Crippen molar-refractivity contribution < 1.29 is 0 Å². The summed E-state index contributed by atoms with van der Waals surface area (Å²) in [6, 6.07) is 3.97. The molecule has 0 aromatic carbocycles. The molecule has 18 heavy (non-hydrogen) atoms. The largest absolute Gasteiger partial charge is 0.383 e. The van der Waals surface area contributed by atoms with Crippen LogP contribution >= 0.6 is 0 Å². The molecule has 0 fully saturated rings. The maximum Gasteiger partial charge on any atom is 0.135 e. The monoisotopic (exact) mass is 243 g/mol. The van der Waals surface area contributed by atoms with Crippen molar-refractivity contribution in [1.29, 1.82) is 0 Å². The van der Waals surface area contributed by atoms with E-state index in [1.54, 1.807) is 6.20 Å². The second-order valence-corrected chi connectivity index (χ2v) is 4.06. The Hall–Kier alpha value is -2.17. The quantitative estimate of drug-likeness (QED) is 0.858. The second kappa shape index (κ2) is 5.44. The van der Waals surface area contributed by atoms with E-state index < -0.39 is 0 Å². The van der Waals surface area contributed by atoms with Crippen molar-refractivity contribution in [3.05, 3.63) is 41.5 Å². The van der Waals surface area contributed by atoms with Gasteiger partial charge in [0.25, 0.3) is 0 Å². The van der Waals surface area contributed by atoms with E-state index in [2.05, 4.69) is 20.3 Å². The van der Waals surface area contributed by atoms with Crippen LogP contribution in [0.15, 0.2) is 24.7 Å². The van der Waals surface area contributed by atoms with Crippen LogP contribution in [0, 0.1) is 6.92 Å². The van der Waals surface area contributed by atoms with Gasteiger partial charge in [-0.15, -0.1) is 0 Å². The van der Waals surface area contributed by atoms with Gasteiger partial charge < -0.3 is 11.1 Å². The van der Waals surface area contributed by atoms with Gasteiger partial charge in [0.1, 0.15) is 18.0 Å². The van der Waals surface area contributed by atoms with E-state index in [4.69, 9.17) is 5.73 Å². The summed E-state index contributed by atoms with van der Waals surface area (Å²) in [7, 11) is 0. The molecule has 0 radical (unpaired) electrons. The first-order chi connectivity index (χ1) is 8.72. The predicted molar refractivity (Wildman–Crippen MR) is 72.1 cm³/mol. The van der Waals surface area contributed by atoms with Crippen LogP contribution in [0.25, 0.3) is 0 Å². The van der Waals surface area contributed by atoms with Gasteiger partial charge in [0.05, 0.1) is 12.2 Å². The van der Waals surface area contributed by atoms with Crippen molar-refractivity contribution >= 4 is 11.6 Å². The van der Waals surface area contributed by atoms with Crippen LogP contribution in [0.1, 0.15) is 23.7 Å². The molecular formula is C13H17N5. The molecule has 0 bridgehead atoms. The molecule has 0 atom stereocenters. The SMILES string of the molecule is CCc1c(N)ncnc1NCc1ncccc1C. The highest BCUT2D eigenvalue weighted by Crippen LogP contribution is 2.18. The molecular weight excluding hydrogens is 226 g/mol. The Labute approximate surface area is 106 Å². The molecule has 5 nitrogen and oxygen atoms in total. The molecule has 2 rings (SSSR count). The van der Waals surface area contributed by atoms with Gasteiger partial charge in [-0.25, -0.2) is 9.97 Å². The predicted octanol–water partition coefficient (Wildman–Crippen LogP) is 1.94. The molecule has 0 aliphatic carbocycles. The lowest BCUT2D eigenvalue weighted by Crippen LogP contribution is -2.09. The number of nitrogens with one attached hydrogen (secondary N) is 1. The highest BCUT2D eigenvalue weighted by atomic mass is 15.0. The fourth-order valence-electron chi connectivity index (χ4n) is 1.80. The highest BCUT2D eigenvalue weighted by Gasteiger charge is 2.07. The summed E-state index contributed by atoms with van der Waals surface area (Å²) >= 11 is 0. The van der Waals surface area contributed by atoms with Gasteiger partial charge in [0.15, 0.2) is 0 Å². The topological polar surface area (TPSA) is 76.7 Å². The average Bonchev–Trinajstić information content (AvgIpc) is 2.38. The number of rotatable bonds is 4. The minimum atomic E-state index is 0.535. The number of nitrogens with zero attached hydrogens (tertiary/aromatic N) is 3. The number of hydrogen-bond donors (Lipinski definition) is 2. The molecule has 94 valence electrons. The Morgan fingerprint density at radius 2 is 2.11 bits per heavy atom. The first-order valence-corrected chi connectivity index (χ1v) is 5.96. The molecule has 2 aromatic heterocycles. The molecule has 0 saturated heterocycles. The van der Waals surface area contributed by atoms with E-state index in [-0.39, 0.29) is 0 Å². The molecule has 0 spiro atoms. The van der Waals surface area contributed by atoms with Crippen molar-refractivity contribution in [2.24, 2.45) is 0 Å². The fraction of sp³-hybridized carbons (Fsp3) is 0.308. The lowest BCUT2D eigenvalue weighted by Gasteiger charge is -2.11. The molecule has 3 N–H and O–H groups in total.